The molecular weight excluding hydrogens is 176 g/mol. The molecule has 4 nitrogen and oxygen atoms in total. The van der Waals surface area contributed by atoms with E-state index in [2.05, 4.69) is 22.4 Å². The highest BCUT2D eigenvalue weighted by atomic mass is 15.3. The maximum absolute atomic E-state index is 4.12. The van der Waals surface area contributed by atoms with Crippen molar-refractivity contribution in [3.8, 4) is 0 Å². The van der Waals surface area contributed by atoms with Crippen LogP contribution in [0.15, 0.2) is 12.4 Å². The molecule has 0 radical (unpaired) electrons. The van der Waals surface area contributed by atoms with Gasteiger partial charge < -0.3 is 10.2 Å². The van der Waals surface area contributed by atoms with Gasteiger partial charge in [0.2, 0.25) is 0 Å². The molecule has 1 aliphatic heterocycles. The topological polar surface area (TPSA) is 33.1 Å². The van der Waals surface area contributed by atoms with Crippen LogP contribution in [0.2, 0.25) is 0 Å². The maximum Gasteiger partial charge on any atom is 0.0726 e. The van der Waals surface area contributed by atoms with E-state index in [0.29, 0.717) is 6.04 Å². The first-order chi connectivity index (χ1) is 6.75. The standard InChI is InChI=1S/C10H18N4/c1-13-5-3-4-10(13)7-11-9-6-12-14(2)8-9/h6,8,10-11H,3-5,7H2,1-2H3/t10-/m1/s1. The fourth-order valence-electron chi connectivity index (χ4n) is 1.99. The Bertz CT molecular complexity index is 294. The summed E-state index contributed by atoms with van der Waals surface area (Å²) in [6.45, 7) is 2.27. The van der Waals surface area contributed by atoms with Crippen LogP contribution in [0, 0.1) is 0 Å². The van der Waals surface area contributed by atoms with Gasteiger partial charge in [0.15, 0.2) is 0 Å². The molecule has 4 heteroatoms. The zero-order chi connectivity index (χ0) is 9.97. The third kappa shape index (κ3) is 2.07. The lowest BCUT2D eigenvalue weighted by atomic mass is 10.2. The van der Waals surface area contributed by atoms with Crippen molar-refractivity contribution in [3.63, 3.8) is 0 Å². The van der Waals surface area contributed by atoms with Gasteiger partial charge in [0, 0.05) is 25.8 Å². The zero-order valence-electron chi connectivity index (χ0n) is 8.90. The molecule has 0 unspecified atom stereocenters. The van der Waals surface area contributed by atoms with Gasteiger partial charge in [0.05, 0.1) is 11.9 Å². The molecule has 0 spiro atoms. The van der Waals surface area contributed by atoms with Gasteiger partial charge in [-0.15, -0.1) is 0 Å². The van der Waals surface area contributed by atoms with E-state index in [-0.39, 0.29) is 0 Å². The predicted octanol–water partition coefficient (Wildman–Crippen LogP) is 0.926. The first-order valence-corrected chi connectivity index (χ1v) is 5.18. The first-order valence-electron chi connectivity index (χ1n) is 5.18. The smallest absolute Gasteiger partial charge is 0.0726 e. The molecule has 1 aromatic heterocycles. The lowest BCUT2D eigenvalue weighted by molar-refractivity contribution is 0.322. The molecule has 0 aromatic carbocycles. The number of likely N-dealkylation sites (N-methyl/N-ethyl adjacent to an activating group) is 1. The molecule has 0 saturated carbocycles. The normalized spacial score (nSPS) is 22.9. The van der Waals surface area contributed by atoms with Crippen LogP contribution < -0.4 is 5.32 Å². The van der Waals surface area contributed by atoms with Crippen molar-refractivity contribution in [2.75, 3.05) is 25.5 Å². The Balaban J connectivity index is 1.82. The molecule has 1 fully saturated rings. The van der Waals surface area contributed by atoms with Crippen molar-refractivity contribution in [2.24, 2.45) is 7.05 Å². The molecule has 1 aliphatic rings. The number of likely N-dealkylation sites (tertiary alicyclic amines) is 1. The molecule has 2 heterocycles. The summed E-state index contributed by atoms with van der Waals surface area (Å²) in [6.07, 6.45) is 6.52. The highest BCUT2D eigenvalue weighted by molar-refractivity contribution is 5.38. The number of aromatic nitrogens is 2. The Morgan fingerprint density at radius 3 is 3.00 bits per heavy atom. The van der Waals surface area contributed by atoms with E-state index in [4.69, 9.17) is 0 Å². The summed E-state index contributed by atoms with van der Waals surface area (Å²) in [5.74, 6) is 0. The van der Waals surface area contributed by atoms with Gasteiger partial charge >= 0.3 is 0 Å². The van der Waals surface area contributed by atoms with Gasteiger partial charge in [-0.2, -0.15) is 5.10 Å². The Labute approximate surface area is 84.9 Å². The fraction of sp³-hybridized carbons (Fsp3) is 0.700. The summed E-state index contributed by atoms with van der Waals surface area (Å²) >= 11 is 0. The van der Waals surface area contributed by atoms with Crippen LogP contribution in [-0.4, -0.2) is 40.9 Å². The largest absolute Gasteiger partial charge is 0.381 e. The molecule has 0 aliphatic carbocycles. The Kier molecular flexibility index (Phi) is 2.72. The van der Waals surface area contributed by atoms with Crippen molar-refractivity contribution in [3.05, 3.63) is 12.4 Å². The molecule has 1 N–H and O–H groups in total. The van der Waals surface area contributed by atoms with Gasteiger partial charge in [0.25, 0.3) is 0 Å². The number of hydrogen-bond acceptors (Lipinski definition) is 3. The van der Waals surface area contributed by atoms with E-state index >= 15 is 0 Å². The molecular formula is C10H18N4. The Morgan fingerprint density at radius 2 is 2.43 bits per heavy atom. The molecule has 14 heavy (non-hydrogen) atoms. The Morgan fingerprint density at radius 1 is 1.57 bits per heavy atom. The predicted molar refractivity (Wildman–Crippen MR) is 57.3 cm³/mol. The number of nitrogens with zero attached hydrogens (tertiary/aromatic N) is 3. The quantitative estimate of drug-likeness (QED) is 0.777. The third-order valence-corrected chi connectivity index (χ3v) is 2.92. The minimum atomic E-state index is 0.690. The van der Waals surface area contributed by atoms with Crippen LogP contribution in [-0.2, 0) is 7.05 Å². The van der Waals surface area contributed by atoms with Crippen molar-refractivity contribution >= 4 is 5.69 Å². The third-order valence-electron chi connectivity index (χ3n) is 2.92. The second-order valence-corrected chi connectivity index (χ2v) is 4.06. The van der Waals surface area contributed by atoms with Gasteiger partial charge in [-0.25, -0.2) is 0 Å². The maximum atomic E-state index is 4.12. The fourth-order valence-corrected chi connectivity index (χ4v) is 1.99. The van der Waals surface area contributed by atoms with E-state index in [1.54, 1.807) is 0 Å². The molecule has 2 rings (SSSR count). The molecule has 0 amide bonds. The SMILES string of the molecule is CN1CCC[C@@H]1CNc1cnn(C)c1. The zero-order valence-corrected chi connectivity index (χ0v) is 8.90. The number of hydrogen-bond donors (Lipinski definition) is 1. The van der Waals surface area contributed by atoms with Crippen LogP contribution >= 0.6 is 0 Å². The van der Waals surface area contributed by atoms with Gasteiger partial charge in [0.1, 0.15) is 0 Å². The van der Waals surface area contributed by atoms with E-state index in [1.807, 2.05) is 24.1 Å². The van der Waals surface area contributed by atoms with E-state index in [1.165, 1.54) is 19.4 Å². The molecule has 1 atom stereocenters. The van der Waals surface area contributed by atoms with Crippen LogP contribution in [0.1, 0.15) is 12.8 Å². The first kappa shape index (κ1) is 9.52. The number of anilines is 1. The lowest BCUT2D eigenvalue weighted by Gasteiger charge is -2.19. The second kappa shape index (κ2) is 4.00. The summed E-state index contributed by atoms with van der Waals surface area (Å²) in [5.41, 5.74) is 1.12. The highest BCUT2D eigenvalue weighted by Crippen LogP contribution is 2.15. The molecule has 0 bridgehead atoms. The van der Waals surface area contributed by atoms with Crippen LogP contribution in [0.4, 0.5) is 5.69 Å². The number of nitrogens with one attached hydrogen (secondary N) is 1. The summed E-state index contributed by atoms with van der Waals surface area (Å²) in [7, 11) is 4.13. The molecule has 1 aromatic rings. The van der Waals surface area contributed by atoms with E-state index < -0.39 is 0 Å². The van der Waals surface area contributed by atoms with Gasteiger partial charge in [-0.1, -0.05) is 0 Å². The van der Waals surface area contributed by atoms with Crippen molar-refractivity contribution in [1.29, 1.82) is 0 Å². The average Bonchev–Trinajstić information content (AvgIpc) is 2.72. The summed E-state index contributed by atoms with van der Waals surface area (Å²) in [4.78, 5) is 2.42. The van der Waals surface area contributed by atoms with Crippen molar-refractivity contribution in [2.45, 2.75) is 18.9 Å². The van der Waals surface area contributed by atoms with E-state index in [0.717, 1.165) is 12.2 Å². The van der Waals surface area contributed by atoms with Crippen LogP contribution in [0.3, 0.4) is 0 Å². The van der Waals surface area contributed by atoms with Gasteiger partial charge in [-0.05, 0) is 26.4 Å². The van der Waals surface area contributed by atoms with Crippen molar-refractivity contribution in [1.82, 2.24) is 14.7 Å². The van der Waals surface area contributed by atoms with Crippen LogP contribution in [0.5, 0.6) is 0 Å². The highest BCUT2D eigenvalue weighted by Gasteiger charge is 2.20. The Hall–Kier alpha value is -1.03. The molecule has 78 valence electrons. The number of rotatable bonds is 3. The molecule has 1 saturated heterocycles. The minimum absolute atomic E-state index is 0.690. The lowest BCUT2D eigenvalue weighted by Crippen LogP contribution is -2.31. The monoisotopic (exact) mass is 194 g/mol. The average molecular weight is 194 g/mol. The van der Waals surface area contributed by atoms with Crippen LogP contribution in [0.25, 0.3) is 0 Å². The number of aryl methyl sites for hydroxylation is 1. The summed E-state index contributed by atoms with van der Waals surface area (Å²) in [5, 5.41) is 7.53. The van der Waals surface area contributed by atoms with Gasteiger partial charge in [-0.3, -0.25) is 4.68 Å². The van der Waals surface area contributed by atoms with E-state index in [9.17, 15) is 0 Å². The summed E-state index contributed by atoms with van der Waals surface area (Å²) < 4.78 is 1.82. The summed E-state index contributed by atoms with van der Waals surface area (Å²) in [6, 6.07) is 0.690. The second-order valence-electron chi connectivity index (χ2n) is 4.06. The van der Waals surface area contributed by atoms with Crippen molar-refractivity contribution < 1.29 is 0 Å². The minimum Gasteiger partial charge on any atom is -0.381 e.